The van der Waals surface area contributed by atoms with Gasteiger partial charge in [0.25, 0.3) is 0 Å². The number of hydrogen-bond acceptors (Lipinski definition) is 2. The van der Waals surface area contributed by atoms with Crippen LogP contribution in [-0.4, -0.2) is 28.9 Å². The van der Waals surface area contributed by atoms with Crippen LogP contribution in [0.3, 0.4) is 0 Å². The van der Waals surface area contributed by atoms with E-state index in [9.17, 15) is 4.79 Å². The van der Waals surface area contributed by atoms with Gasteiger partial charge in [-0.15, -0.1) is 0 Å². The van der Waals surface area contributed by atoms with Crippen molar-refractivity contribution < 1.29 is 4.79 Å². The van der Waals surface area contributed by atoms with Gasteiger partial charge in [0.2, 0.25) is 5.91 Å². The molecule has 1 fully saturated rings. The van der Waals surface area contributed by atoms with E-state index in [-0.39, 0.29) is 11.8 Å². The molecule has 2 aromatic rings. The first-order chi connectivity index (χ1) is 11.2. The molecule has 1 aliphatic rings. The van der Waals surface area contributed by atoms with Crippen LogP contribution < -0.4 is 0 Å². The van der Waals surface area contributed by atoms with Crippen LogP contribution in [0, 0.1) is 5.92 Å². The molecular formula is C20H24N2O. The van der Waals surface area contributed by atoms with Crippen molar-refractivity contribution in [1.82, 2.24) is 9.88 Å². The zero-order chi connectivity index (χ0) is 16.1. The predicted octanol–water partition coefficient (Wildman–Crippen LogP) is 3.67. The van der Waals surface area contributed by atoms with Crippen LogP contribution in [-0.2, 0) is 11.2 Å². The Kier molecular flexibility index (Phi) is 5.06. The molecule has 2 atom stereocenters. The molecule has 120 valence electrons. The van der Waals surface area contributed by atoms with Crippen LogP contribution in [0.15, 0.2) is 54.9 Å². The van der Waals surface area contributed by atoms with Gasteiger partial charge in [0.1, 0.15) is 0 Å². The van der Waals surface area contributed by atoms with Crippen molar-refractivity contribution in [2.75, 3.05) is 13.1 Å². The van der Waals surface area contributed by atoms with Crippen LogP contribution in [0.25, 0.3) is 0 Å². The van der Waals surface area contributed by atoms with E-state index in [2.05, 4.69) is 35.0 Å². The largest absolute Gasteiger partial charge is 0.342 e. The molecule has 1 saturated heterocycles. The number of piperidine rings is 1. The lowest BCUT2D eigenvalue weighted by Crippen LogP contribution is -2.42. The number of likely N-dealkylation sites (tertiary alicyclic amines) is 1. The number of hydrogen-bond donors (Lipinski definition) is 0. The monoisotopic (exact) mass is 308 g/mol. The lowest BCUT2D eigenvalue weighted by Gasteiger charge is -2.34. The van der Waals surface area contributed by atoms with E-state index in [4.69, 9.17) is 0 Å². The summed E-state index contributed by atoms with van der Waals surface area (Å²) in [5.41, 5.74) is 2.21. The summed E-state index contributed by atoms with van der Waals surface area (Å²) in [4.78, 5) is 19.4. The minimum absolute atomic E-state index is 0.120. The summed E-state index contributed by atoms with van der Waals surface area (Å²) in [5, 5.41) is 0. The summed E-state index contributed by atoms with van der Waals surface area (Å²) in [6.45, 7) is 4.01. The van der Waals surface area contributed by atoms with Crippen molar-refractivity contribution in [1.29, 1.82) is 0 Å². The standard InChI is InChI=1S/C20H24N2O/c1-16-7-6-12-22(15-16)20(23)19(18-9-3-2-4-10-18)13-17-8-5-11-21-14-17/h2-5,8-11,14,16,19H,6-7,12-13,15H2,1H3. The number of nitrogens with zero attached hydrogens (tertiary/aromatic N) is 2. The summed E-state index contributed by atoms with van der Waals surface area (Å²) in [7, 11) is 0. The Bertz CT molecular complexity index is 627. The minimum Gasteiger partial charge on any atom is -0.342 e. The number of rotatable bonds is 4. The molecule has 2 heterocycles. The Morgan fingerprint density at radius 3 is 2.78 bits per heavy atom. The third-order valence-corrected chi connectivity index (χ3v) is 4.63. The molecule has 3 nitrogen and oxygen atoms in total. The smallest absolute Gasteiger partial charge is 0.230 e. The van der Waals surface area contributed by atoms with Crippen molar-refractivity contribution in [3.63, 3.8) is 0 Å². The van der Waals surface area contributed by atoms with Gasteiger partial charge in [-0.1, -0.05) is 43.3 Å². The van der Waals surface area contributed by atoms with Crippen molar-refractivity contribution >= 4 is 5.91 Å². The Morgan fingerprint density at radius 1 is 1.26 bits per heavy atom. The average molecular weight is 308 g/mol. The fourth-order valence-corrected chi connectivity index (χ4v) is 3.40. The predicted molar refractivity (Wildman–Crippen MR) is 92.1 cm³/mol. The second kappa shape index (κ2) is 7.40. The Labute approximate surface area is 138 Å². The molecule has 3 rings (SSSR count). The maximum atomic E-state index is 13.2. The normalized spacial score (nSPS) is 19.3. The maximum absolute atomic E-state index is 13.2. The number of benzene rings is 1. The summed E-state index contributed by atoms with van der Waals surface area (Å²) in [6, 6.07) is 14.1. The first kappa shape index (κ1) is 15.7. The minimum atomic E-state index is -0.120. The van der Waals surface area contributed by atoms with Crippen molar-refractivity contribution in [2.45, 2.75) is 32.1 Å². The Hall–Kier alpha value is -2.16. The maximum Gasteiger partial charge on any atom is 0.230 e. The summed E-state index contributed by atoms with van der Waals surface area (Å²) in [5.74, 6) is 0.736. The zero-order valence-electron chi connectivity index (χ0n) is 13.7. The van der Waals surface area contributed by atoms with Crippen LogP contribution in [0.4, 0.5) is 0 Å². The second-order valence-corrected chi connectivity index (χ2v) is 6.56. The molecule has 1 amide bonds. The first-order valence-electron chi connectivity index (χ1n) is 8.46. The van der Waals surface area contributed by atoms with E-state index in [1.54, 1.807) is 6.20 Å². The van der Waals surface area contributed by atoms with Crippen molar-refractivity contribution in [3.8, 4) is 0 Å². The highest BCUT2D eigenvalue weighted by Gasteiger charge is 2.28. The van der Waals surface area contributed by atoms with Gasteiger partial charge in [-0.2, -0.15) is 0 Å². The third kappa shape index (κ3) is 3.98. The van der Waals surface area contributed by atoms with E-state index in [1.807, 2.05) is 30.5 Å². The molecule has 1 aromatic carbocycles. The lowest BCUT2D eigenvalue weighted by molar-refractivity contribution is -0.134. The van der Waals surface area contributed by atoms with Crippen LogP contribution in [0.1, 0.15) is 36.8 Å². The van der Waals surface area contributed by atoms with E-state index in [1.165, 1.54) is 6.42 Å². The zero-order valence-corrected chi connectivity index (χ0v) is 13.7. The molecular weight excluding hydrogens is 284 g/mol. The van der Waals surface area contributed by atoms with Gasteiger partial charge in [-0.05, 0) is 42.4 Å². The van der Waals surface area contributed by atoms with Crippen molar-refractivity contribution in [2.24, 2.45) is 5.92 Å². The van der Waals surface area contributed by atoms with Gasteiger partial charge in [0.05, 0.1) is 5.92 Å². The number of carbonyl (C=O) groups is 1. The summed E-state index contributed by atoms with van der Waals surface area (Å²) >= 11 is 0. The number of pyridine rings is 1. The van der Waals surface area contributed by atoms with E-state index in [0.717, 1.165) is 30.6 Å². The van der Waals surface area contributed by atoms with Gasteiger partial charge in [0, 0.05) is 25.5 Å². The fraction of sp³-hybridized carbons (Fsp3) is 0.400. The molecule has 0 N–H and O–H groups in total. The number of carbonyl (C=O) groups excluding carboxylic acids is 1. The highest BCUT2D eigenvalue weighted by Crippen LogP contribution is 2.26. The highest BCUT2D eigenvalue weighted by molar-refractivity contribution is 5.84. The summed E-state index contributed by atoms with van der Waals surface area (Å²) < 4.78 is 0. The molecule has 3 heteroatoms. The molecule has 0 saturated carbocycles. The molecule has 2 unspecified atom stereocenters. The van der Waals surface area contributed by atoms with Crippen LogP contribution in [0.5, 0.6) is 0 Å². The highest BCUT2D eigenvalue weighted by atomic mass is 16.2. The van der Waals surface area contributed by atoms with E-state index < -0.39 is 0 Å². The Morgan fingerprint density at radius 2 is 2.09 bits per heavy atom. The molecule has 0 radical (unpaired) electrons. The lowest BCUT2D eigenvalue weighted by atomic mass is 9.90. The van der Waals surface area contributed by atoms with Crippen LogP contribution >= 0.6 is 0 Å². The van der Waals surface area contributed by atoms with Gasteiger partial charge in [-0.3, -0.25) is 9.78 Å². The van der Waals surface area contributed by atoms with Gasteiger partial charge >= 0.3 is 0 Å². The molecule has 1 aromatic heterocycles. The first-order valence-corrected chi connectivity index (χ1v) is 8.46. The second-order valence-electron chi connectivity index (χ2n) is 6.56. The molecule has 0 aliphatic carbocycles. The topological polar surface area (TPSA) is 33.2 Å². The van der Waals surface area contributed by atoms with Gasteiger partial charge < -0.3 is 4.90 Å². The molecule has 0 spiro atoms. The third-order valence-electron chi connectivity index (χ3n) is 4.63. The number of aromatic nitrogens is 1. The number of amides is 1. The van der Waals surface area contributed by atoms with Gasteiger partial charge in [0.15, 0.2) is 0 Å². The van der Waals surface area contributed by atoms with E-state index in [0.29, 0.717) is 12.3 Å². The van der Waals surface area contributed by atoms with Crippen molar-refractivity contribution in [3.05, 3.63) is 66.0 Å². The Balaban J connectivity index is 1.84. The molecule has 1 aliphatic heterocycles. The quantitative estimate of drug-likeness (QED) is 0.863. The SMILES string of the molecule is CC1CCCN(C(=O)C(Cc2cccnc2)c2ccccc2)C1. The summed E-state index contributed by atoms with van der Waals surface area (Å²) in [6.07, 6.45) is 6.68. The molecule has 0 bridgehead atoms. The van der Waals surface area contributed by atoms with Crippen LogP contribution in [0.2, 0.25) is 0 Å². The average Bonchev–Trinajstić information content (AvgIpc) is 2.61. The fourth-order valence-electron chi connectivity index (χ4n) is 3.40. The van der Waals surface area contributed by atoms with E-state index >= 15 is 0 Å². The molecule has 23 heavy (non-hydrogen) atoms. The van der Waals surface area contributed by atoms with Gasteiger partial charge in [-0.25, -0.2) is 0 Å².